The molecule has 7 heteroatoms. The SMILES string of the molecule is CCC(C)C(=O)OCCOCCOCCOc1ccc(C(=O)Oc2ccc(-c3ccc(-c4ccccc4)cc3)cc2)cc1. The summed E-state index contributed by atoms with van der Waals surface area (Å²) in [5.41, 5.74) is 4.89. The van der Waals surface area contributed by atoms with Crippen molar-refractivity contribution in [1.82, 2.24) is 0 Å². The van der Waals surface area contributed by atoms with E-state index in [0.29, 0.717) is 50.1 Å². The molecule has 1 unspecified atom stereocenters. The zero-order valence-electron chi connectivity index (χ0n) is 24.7. The Morgan fingerprint density at radius 3 is 1.65 bits per heavy atom. The van der Waals surface area contributed by atoms with Gasteiger partial charge >= 0.3 is 11.9 Å². The number of rotatable bonds is 16. The minimum atomic E-state index is -0.440. The van der Waals surface area contributed by atoms with Crippen molar-refractivity contribution >= 4 is 11.9 Å². The Kier molecular flexibility index (Phi) is 12.3. The lowest BCUT2D eigenvalue weighted by Crippen LogP contribution is -2.18. The van der Waals surface area contributed by atoms with Gasteiger partial charge in [-0.05, 0) is 65.1 Å². The maximum atomic E-state index is 12.6. The quantitative estimate of drug-likeness (QED) is 0.0783. The van der Waals surface area contributed by atoms with Gasteiger partial charge in [-0.3, -0.25) is 4.79 Å². The molecule has 0 bridgehead atoms. The number of ether oxygens (including phenoxy) is 5. The fraction of sp³-hybridized carbons (Fsp3) is 0.278. The summed E-state index contributed by atoms with van der Waals surface area (Å²) in [7, 11) is 0. The Morgan fingerprint density at radius 2 is 1.07 bits per heavy atom. The van der Waals surface area contributed by atoms with Crippen molar-refractivity contribution in [3.05, 3.63) is 109 Å². The molecule has 0 heterocycles. The highest BCUT2D eigenvalue weighted by Crippen LogP contribution is 2.26. The van der Waals surface area contributed by atoms with Crippen molar-refractivity contribution in [2.24, 2.45) is 5.92 Å². The third kappa shape index (κ3) is 10.1. The average molecular weight is 583 g/mol. The molecule has 0 aromatic heterocycles. The van der Waals surface area contributed by atoms with Crippen molar-refractivity contribution in [2.45, 2.75) is 20.3 Å². The van der Waals surface area contributed by atoms with Crippen LogP contribution in [0, 0.1) is 5.92 Å². The molecule has 0 aliphatic rings. The smallest absolute Gasteiger partial charge is 0.343 e. The number of hydrogen-bond donors (Lipinski definition) is 0. The number of benzene rings is 4. The standard InChI is InChI=1S/C36H38O7/c1-3-27(2)35(37)42-26-24-40-22-21-39-23-25-41-33-17-15-32(16-18-33)36(38)43-34-19-13-31(14-20-34)30-11-9-29(10-12-30)28-7-5-4-6-8-28/h4-20,27H,3,21-26H2,1-2H3. The number of esters is 2. The van der Waals surface area contributed by atoms with E-state index < -0.39 is 5.97 Å². The zero-order chi connectivity index (χ0) is 30.3. The molecule has 0 spiro atoms. The largest absolute Gasteiger partial charge is 0.491 e. The Morgan fingerprint density at radius 1 is 0.581 bits per heavy atom. The van der Waals surface area contributed by atoms with E-state index in [9.17, 15) is 9.59 Å². The number of hydrogen-bond acceptors (Lipinski definition) is 7. The summed E-state index contributed by atoms with van der Waals surface area (Å²) in [6.07, 6.45) is 0.758. The van der Waals surface area contributed by atoms with E-state index in [1.54, 1.807) is 36.4 Å². The highest BCUT2D eigenvalue weighted by molar-refractivity contribution is 5.91. The van der Waals surface area contributed by atoms with Gasteiger partial charge in [0.15, 0.2) is 0 Å². The van der Waals surface area contributed by atoms with Gasteiger partial charge in [-0.25, -0.2) is 4.79 Å². The highest BCUT2D eigenvalue weighted by atomic mass is 16.6. The molecule has 4 rings (SSSR count). The summed E-state index contributed by atoms with van der Waals surface area (Å²) in [5.74, 6) is 0.374. The minimum Gasteiger partial charge on any atom is -0.491 e. The van der Waals surface area contributed by atoms with Gasteiger partial charge in [0.1, 0.15) is 24.7 Å². The van der Waals surface area contributed by atoms with E-state index in [4.69, 9.17) is 23.7 Å². The molecule has 0 radical (unpaired) electrons. The van der Waals surface area contributed by atoms with E-state index in [2.05, 4.69) is 36.4 Å². The molecule has 1 atom stereocenters. The van der Waals surface area contributed by atoms with Crippen LogP contribution in [0.5, 0.6) is 11.5 Å². The molecule has 0 saturated carbocycles. The summed E-state index contributed by atoms with van der Waals surface area (Å²) in [4.78, 5) is 24.2. The van der Waals surface area contributed by atoms with Gasteiger partial charge in [-0.1, -0.05) is 80.6 Å². The number of carbonyl (C=O) groups is 2. The van der Waals surface area contributed by atoms with Crippen LogP contribution in [0.1, 0.15) is 30.6 Å². The molecule has 0 aliphatic carbocycles. The first-order valence-corrected chi connectivity index (χ1v) is 14.6. The van der Waals surface area contributed by atoms with E-state index in [-0.39, 0.29) is 18.5 Å². The van der Waals surface area contributed by atoms with Crippen molar-refractivity contribution < 1.29 is 33.3 Å². The van der Waals surface area contributed by atoms with Crippen molar-refractivity contribution in [3.63, 3.8) is 0 Å². The second kappa shape index (κ2) is 16.9. The normalized spacial score (nSPS) is 11.5. The molecule has 0 saturated heterocycles. The second-order valence-electron chi connectivity index (χ2n) is 9.93. The van der Waals surface area contributed by atoms with Gasteiger partial charge in [0.2, 0.25) is 0 Å². The molecule has 0 aliphatic heterocycles. The van der Waals surface area contributed by atoms with Crippen LogP contribution >= 0.6 is 0 Å². The van der Waals surface area contributed by atoms with Crippen LogP contribution in [0.25, 0.3) is 22.3 Å². The van der Waals surface area contributed by atoms with Crippen LogP contribution in [-0.2, 0) is 19.0 Å². The Labute approximate surface area is 253 Å². The van der Waals surface area contributed by atoms with Crippen LogP contribution < -0.4 is 9.47 Å². The molecular weight excluding hydrogens is 544 g/mol. The molecule has 224 valence electrons. The average Bonchev–Trinajstić information content (AvgIpc) is 3.06. The monoisotopic (exact) mass is 582 g/mol. The highest BCUT2D eigenvalue weighted by Gasteiger charge is 2.11. The van der Waals surface area contributed by atoms with E-state index >= 15 is 0 Å². The summed E-state index contributed by atoms with van der Waals surface area (Å²) < 4.78 is 27.2. The molecule has 0 N–H and O–H groups in total. The lowest BCUT2D eigenvalue weighted by molar-refractivity contribution is -0.149. The first kappa shape index (κ1) is 31.5. The van der Waals surface area contributed by atoms with Gasteiger partial charge in [-0.2, -0.15) is 0 Å². The Balaban J connectivity index is 1.12. The fourth-order valence-electron chi connectivity index (χ4n) is 4.10. The van der Waals surface area contributed by atoms with Gasteiger partial charge in [0, 0.05) is 0 Å². The summed E-state index contributed by atoms with van der Waals surface area (Å²) in [6.45, 7) is 5.94. The zero-order valence-corrected chi connectivity index (χ0v) is 24.7. The van der Waals surface area contributed by atoms with Crippen LogP contribution in [0.3, 0.4) is 0 Å². The summed E-state index contributed by atoms with van der Waals surface area (Å²) >= 11 is 0. The Bertz CT molecular complexity index is 1400. The van der Waals surface area contributed by atoms with Crippen molar-refractivity contribution in [2.75, 3.05) is 39.6 Å². The third-order valence-electron chi connectivity index (χ3n) is 6.84. The maximum absolute atomic E-state index is 12.6. The van der Waals surface area contributed by atoms with Gasteiger partial charge in [0.25, 0.3) is 0 Å². The lowest BCUT2D eigenvalue weighted by atomic mass is 10.0. The van der Waals surface area contributed by atoms with E-state index in [1.165, 1.54) is 5.56 Å². The Hall–Kier alpha value is -4.46. The van der Waals surface area contributed by atoms with Crippen LogP contribution in [0.4, 0.5) is 0 Å². The van der Waals surface area contributed by atoms with E-state index in [0.717, 1.165) is 23.1 Å². The molecular formula is C36H38O7. The molecule has 7 nitrogen and oxygen atoms in total. The third-order valence-corrected chi connectivity index (χ3v) is 6.84. The molecule has 43 heavy (non-hydrogen) atoms. The first-order valence-electron chi connectivity index (χ1n) is 14.6. The summed E-state index contributed by atoms with van der Waals surface area (Å²) in [6, 6.07) is 32.9. The predicted molar refractivity (Wildman–Crippen MR) is 166 cm³/mol. The van der Waals surface area contributed by atoms with E-state index in [1.807, 2.05) is 44.2 Å². The van der Waals surface area contributed by atoms with Crippen LogP contribution in [0.15, 0.2) is 103 Å². The molecule has 4 aromatic carbocycles. The van der Waals surface area contributed by atoms with Gasteiger partial charge in [-0.15, -0.1) is 0 Å². The van der Waals surface area contributed by atoms with Crippen molar-refractivity contribution in [3.8, 4) is 33.8 Å². The summed E-state index contributed by atoms with van der Waals surface area (Å²) in [5, 5.41) is 0. The maximum Gasteiger partial charge on any atom is 0.343 e. The topological polar surface area (TPSA) is 80.3 Å². The molecule has 4 aromatic rings. The number of carbonyl (C=O) groups excluding carboxylic acids is 2. The molecule has 0 amide bonds. The fourth-order valence-corrected chi connectivity index (χ4v) is 4.10. The van der Waals surface area contributed by atoms with Crippen molar-refractivity contribution in [1.29, 1.82) is 0 Å². The van der Waals surface area contributed by atoms with Crippen LogP contribution in [-0.4, -0.2) is 51.6 Å². The molecule has 0 fully saturated rings. The first-order chi connectivity index (χ1) is 21.0. The van der Waals surface area contributed by atoms with Gasteiger partial charge < -0.3 is 23.7 Å². The lowest BCUT2D eigenvalue weighted by Gasteiger charge is -2.10. The van der Waals surface area contributed by atoms with Gasteiger partial charge in [0.05, 0.1) is 37.9 Å². The predicted octanol–water partition coefficient (Wildman–Crippen LogP) is 7.24. The minimum absolute atomic E-state index is 0.0902. The van der Waals surface area contributed by atoms with Crippen LogP contribution in [0.2, 0.25) is 0 Å². The second-order valence-corrected chi connectivity index (χ2v) is 9.93.